The maximum Gasteiger partial charge on any atom is 0.258 e. The molecule has 0 saturated carbocycles. The molecule has 0 atom stereocenters. The van der Waals surface area contributed by atoms with Crippen molar-refractivity contribution in [3.63, 3.8) is 0 Å². The molecule has 6 heteroatoms. The molecule has 0 fully saturated rings. The van der Waals surface area contributed by atoms with E-state index in [1.165, 1.54) is 17.4 Å². The third kappa shape index (κ3) is 3.71. The van der Waals surface area contributed by atoms with Gasteiger partial charge in [-0.15, -0.1) is 11.3 Å². The van der Waals surface area contributed by atoms with Gasteiger partial charge in [-0.2, -0.15) is 0 Å². The smallest absolute Gasteiger partial charge is 0.258 e. The summed E-state index contributed by atoms with van der Waals surface area (Å²) in [5.41, 5.74) is 3.68. The highest BCUT2D eigenvalue weighted by Crippen LogP contribution is 2.13. The van der Waals surface area contributed by atoms with Crippen LogP contribution in [0.2, 0.25) is 0 Å². The van der Waals surface area contributed by atoms with E-state index in [-0.39, 0.29) is 11.5 Å². The molecule has 0 aliphatic carbocycles. The Morgan fingerprint density at radius 1 is 1.29 bits per heavy atom. The number of fused-ring (bicyclic) bond motifs is 1. The van der Waals surface area contributed by atoms with E-state index < -0.39 is 0 Å². The second-order valence-electron chi connectivity index (χ2n) is 5.85. The molecule has 3 aromatic rings. The van der Waals surface area contributed by atoms with Gasteiger partial charge >= 0.3 is 0 Å². The highest BCUT2D eigenvalue weighted by atomic mass is 32.1. The standard InChI is InChI=1S/C18H19N3O2S/c1-12-4-3-5-14(8-12)10-16(22)19-7-6-15-11-24-18-20-13(2)9-17(23)21(15)18/h3-5,8-9,11H,6-7,10H2,1-2H3,(H,19,22). The molecule has 1 N–H and O–H groups in total. The SMILES string of the molecule is Cc1cccc(CC(=O)NCCc2csc3nc(C)cc(=O)n23)c1. The van der Waals surface area contributed by atoms with Gasteiger partial charge in [-0.05, 0) is 19.4 Å². The second kappa shape index (κ2) is 6.97. The monoisotopic (exact) mass is 341 g/mol. The van der Waals surface area contributed by atoms with Crippen LogP contribution in [0, 0.1) is 13.8 Å². The molecule has 0 spiro atoms. The van der Waals surface area contributed by atoms with Crippen molar-refractivity contribution in [2.75, 3.05) is 6.54 Å². The van der Waals surface area contributed by atoms with Crippen LogP contribution >= 0.6 is 11.3 Å². The summed E-state index contributed by atoms with van der Waals surface area (Å²) < 4.78 is 1.62. The van der Waals surface area contributed by atoms with Crippen molar-refractivity contribution >= 4 is 22.2 Å². The van der Waals surface area contributed by atoms with Crippen LogP contribution in [-0.4, -0.2) is 21.8 Å². The first kappa shape index (κ1) is 16.4. The minimum absolute atomic E-state index is 0.0125. The van der Waals surface area contributed by atoms with Crippen LogP contribution < -0.4 is 10.9 Å². The number of nitrogens with one attached hydrogen (secondary N) is 1. The van der Waals surface area contributed by atoms with Crippen LogP contribution in [-0.2, 0) is 17.6 Å². The predicted octanol–water partition coefficient (Wildman–Crippen LogP) is 2.27. The van der Waals surface area contributed by atoms with Crippen molar-refractivity contribution < 1.29 is 4.79 Å². The largest absolute Gasteiger partial charge is 0.355 e. The van der Waals surface area contributed by atoms with Gasteiger partial charge in [-0.1, -0.05) is 29.8 Å². The Bertz CT molecular complexity index is 943. The highest BCUT2D eigenvalue weighted by Gasteiger charge is 2.09. The number of rotatable bonds is 5. The fraction of sp³-hybridized carbons (Fsp3) is 0.278. The zero-order valence-electron chi connectivity index (χ0n) is 13.7. The molecular weight excluding hydrogens is 322 g/mol. The zero-order chi connectivity index (χ0) is 17.1. The normalized spacial score (nSPS) is 10.9. The number of carbonyl (C=O) groups is 1. The lowest BCUT2D eigenvalue weighted by molar-refractivity contribution is -0.120. The van der Waals surface area contributed by atoms with E-state index in [4.69, 9.17) is 0 Å². The van der Waals surface area contributed by atoms with Gasteiger partial charge in [0.2, 0.25) is 5.91 Å². The van der Waals surface area contributed by atoms with Gasteiger partial charge in [0.1, 0.15) is 0 Å². The fourth-order valence-electron chi connectivity index (χ4n) is 2.66. The molecule has 0 aliphatic rings. The van der Waals surface area contributed by atoms with E-state index >= 15 is 0 Å². The van der Waals surface area contributed by atoms with Gasteiger partial charge in [0.05, 0.1) is 6.42 Å². The molecule has 0 bridgehead atoms. The molecule has 2 heterocycles. The first-order valence-corrected chi connectivity index (χ1v) is 8.70. The topological polar surface area (TPSA) is 63.5 Å². The number of hydrogen-bond acceptors (Lipinski definition) is 4. The van der Waals surface area contributed by atoms with Crippen molar-refractivity contribution in [2.45, 2.75) is 26.7 Å². The van der Waals surface area contributed by atoms with Crippen LogP contribution in [0.4, 0.5) is 0 Å². The summed E-state index contributed by atoms with van der Waals surface area (Å²) in [6, 6.07) is 9.46. The number of nitrogens with zero attached hydrogens (tertiary/aromatic N) is 2. The van der Waals surface area contributed by atoms with Crippen LogP contribution in [0.15, 0.2) is 40.5 Å². The first-order chi connectivity index (χ1) is 11.5. The molecule has 0 aliphatic heterocycles. The van der Waals surface area contributed by atoms with Gasteiger partial charge in [0, 0.05) is 35.8 Å². The quantitative estimate of drug-likeness (QED) is 0.774. The summed E-state index contributed by atoms with van der Waals surface area (Å²) in [5, 5.41) is 4.84. The summed E-state index contributed by atoms with van der Waals surface area (Å²) in [5.74, 6) is -0.0125. The van der Waals surface area contributed by atoms with Crippen molar-refractivity contribution in [3.05, 3.63) is 68.6 Å². The average Bonchev–Trinajstić information content (AvgIpc) is 2.90. The van der Waals surface area contributed by atoms with Crippen LogP contribution in [0.1, 0.15) is 22.5 Å². The summed E-state index contributed by atoms with van der Waals surface area (Å²) in [7, 11) is 0. The van der Waals surface area contributed by atoms with Crippen LogP contribution in [0.25, 0.3) is 4.96 Å². The molecular formula is C18H19N3O2S. The van der Waals surface area contributed by atoms with E-state index in [9.17, 15) is 9.59 Å². The average molecular weight is 341 g/mol. The summed E-state index contributed by atoms with van der Waals surface area (Å²) in [6.07, 6.45) is 0.969. The first-order valence-electron chi connectivity index (χ1n) is 7.82. The molecule has 124 valence electrons. The Labute approximate surface area is 144 Å². The number of aromatic nitrogens is 2. The minimum atomic E-state index is -0.0696. The molecule has 3 rings (SSSR count). The Morgan fingerprint density at radius 3 is 2.92 bits per heavy atom. The van der Waals surface area contributed by atoms with Gasteiger partial charge in [0.25, 0.3) is 5.56 Å². The molecule has 2 aromatic heterocycles. The number of carbonyl (C=O) groups excluding carboxylic acids is 1. The number of aryl methyl sites for hydroxylation is 2. The maximum atomic E-state index is 12.1. The van der Waals surface area contributed by atoms with Gasteiger partial charge in [-0.3, -0.25) is 14.0 Å². The Balaban J connectivity index is 1.60. The Morgan fingerprint density at radius 2 is 2.12 bits per heavy atom. The zero-order valence-corrected chi connectivity index (χ0v) is 14.5. The lowest BCUT2D eigenvalue weighted by Crippen LogP contribution is -2.28. The van der Waals surface area contributed by atoms with E-state index in [2.05, 4.69) is 10.3 Å². The summed E-state index contributed by atoms with van der Waals surface area (Å²) in [6.45, 7) is 4.32. The second-order valence-corrected chi connectivity index (χ2v) is 6.68. The lowest BCUT2D eigenvalue weighted by Gasteiger charge is -2.06. The van der Waals surface area contributed by atoms with E-state index in [0.717, 1.165) is 22.5 Å². The highest BCUT2D eigenvalue weighted by molar-refractivity contribution is 7.15. The van der Waals surface area contributed by atoms with Crippen molar-refractivity contribution in [2.24, 2.45) is 0 Å². The third-order valence-corrected chi connectivity index (χ3v) is 4.63. The molecule has 0 radical (unpaired) electrons. The van der Waals surface area contributed by atoms with Crippen LogP contribution in [0.3, 0.4) is 0 Å². The molecule has 1 aromatic carbocycles. The molecule has 0 saturated heterocycles. The summed E-state index contributed by atoms with van der Waals surface area (Å²) >= 11 is 1.44. The molecule has 24 heavy (non-hydrogen) atoms. The number of hydrogen-bond donors (Lipinski definition) is 1. The lowest BCUT2D eigenvalue weighted by atomic mass is 10.1. The van der Waals surface area contributed by atoms with E-state index in [1.54, 1.807) is 4.40 Å². The van der Waals surface area contributed by atoms with Crippen molar-refractivity contribution in [1.29, 1.82) is 0 Å². The Hall–Kier alpha value is -2.47. The molecule has 0 unspecified atom stereocenters. The van der Waals surface area contributed by atoms with Gasteiger partial charge in [-0.25, -0.2) is 4.98 Å². The number of benzene rings is 1. The van der Waals surface area contributed by atoms with Gasteiger partial charge < -0.3 is 5.32 Å². The third-order valence-electron chi connectivity index (χ3n) is 3.75. The van der Waals surface area contributed by atoms with Crippen LogP contribution in [0.5, 0.6) is 0 Å². The number of thiazole rings is 1. The molecule has 5 nitrogen and oxygen atoms in total. The van der Waals surface area contributed by atoms with E-state index in [0.29, 0.717) is 24.3 Å². The summed E-state index contributed by atoms with van der Waals surface area (Å²) in [4.78, 5) is 29.2. The van der Waals surface area contributed by atoms with Crippen molar-refractivity contribution in [3.8, 4) is 0 Å². The van der Waals surface area contributed by atoms with Gasteiger partial charge in [0.15, 0.2) is 4.96 Å². The van der Waals surface area contributed by atoms with Crippen molar-refractivity contribution in [1.82, 2.24) is 14.7 Å². The van der Waals surface area contributed by atoms with E-state index in [1.807, 2.05) is 43.5 Å². The Kier molecular flexibility index (Phi) is 4.76. The fourth-order valence-corrected chi connectivity index (χ4v) is 3.63. The predicted molar refractivity (Wildman–Crippen MR) is 95.7 cm³/mol. The molecule has 1 amide bonds. The minimum Gasteiger partial charge on any atom is -0.355 e. The number of amides is 1. The maximum absolute atomic E-state index is 12.1.